The molecule has 4 bridgehead atoms. The molecule has 0 unspecified atom stereocenters. The summed E-state index contributed by atoms with van der Waals surface area (Å²) in [5.74, 6) is 2.86. The van der Waals surface area contributed by atoms with Gasteiger partial charge in [0.15, 0.2) is 0 Å². The van der Waals surface area contributed by atoms with E-state index in [1.54, 1.807) is 18.3 Å². The van der Waals surface area contributed by atoms with Gasteiger partial charge in [0.1, 0.15) is 11.4 Å². The van der Waals surface area contributed by atoms with Crippen LogP contribution in [0.2, 0.25) is 5.02 Å². The van der Waals surface area contributed by atoms with Crippen LogP contribution in [0.25, 0.3) is 0 Å². The molecule has 0 aliphatic heterocycles. The predicted molar refractivity (Wildman–Crippen MR) is 149 cm³/mol. The van der Waals surface area contributed by atoms with Gasteiger partial charge in [-0.05, 0) is 110 Å². The number of hydrogen-bond donors (Lipinski definition) is 0. The Morgan fingerprint density at radius 1 is 0.919 bits per heavy atom. The molecule has 0 amide bonds. The van der Waals surface area contributed by atoms with Crippen LogP contribution in [0.3, 0.4) is 0 Å². The van der Waals surface area contributed by atoms with Crippen LogP contribution in [0.4, 0.5) is 22.9 Å². The lowest BCUT2D eigenvalue weighted by atomic mass is 9.48. The SMILES string of the molecule is COC(=O)c1cccnc1N(C)c1cccc(N(C)c2ccc(C34CC5CC(CC(C5)C3)C4)cc2Cl)c1. The molecule has 1 aromatic heterocycles. The van der Waals surface area contributed by atoms with Crippen molar-refractivity contribution in [2.45, 2.75) is 43.9 Å². The van der Waals surface area contributed by atoms with Crippen LogP contribution in [0, 0.1) is 17.8 Å². The van der Waals surface area contributed by atoms with Gasteiger partial charge in [0.2, 0.25) is 0 Å². The van der Waals surface area contributed by atoms with Crippen molar-refractivity contribution in [3.05, 3.63) is 76.9 Å². The number of pyridine rings is 1. The predicted octanol–water partition coefficient (Wildman–Crippen LogP) is 7.53. The van der Waals surface area contributed by atoms with Crippen molar-refractivity contribution in [3.8, 4) is 0 Å². The maximum atomic E-state index is 12.3. The van der Waals surface area contributed by atoms with E-state index in [4.69, 9.17) is 16.3 Å². The molecule has 4 aliphatic carbocycles. The van der Waals surface area contributed by atoms with Crippen LogP contribution in [0.15, 0.2) is 60.8 Å². The van der Waals surface area contributed by atoms with E-state index in [1.165, 1.54) is 51.2 Å². The molecule has 3 aromatic rings. The first-order valence-corrected chi connectivity index (χ1v) is 13.7. The molecule has 4 fully saturated rings. The molecular formula is C31H34ClN3O2. The number of rotatable bonds is 6. The van der Waals surface area contributed by atoms with Gasteiger partial charge in [-0.1, -0.05) is 23.7 Å². The van der Waals surface area contributed by atoms with Gasteiger partial charge in [0, 0.05) is 31.7 Å². The highest BCUT2D eigenvalue weighted by atomic mass is 35.5. The first kappa shape index (κ1) is 24.3. The third kappa shape index (κ3) is 4.27. The van der Waals surface area contributed by atoms with Gasteiger partial charge in [-0.25, -0.2) is 9.78 Å². The normalized spacial score (nSPS) is 25.7. The fourth-order valence-electron chi connectivity index (χ4n) is 7.68. The number of methoxy groups -OCH3 is 1. The molecule has 0 radical (unpaired) electrons. The second kappa shape index (κ2) is 9.36. The van der Waals surface area contributed by atoms with E-state index in [0.717, 1.165) is 39.8 Å². The topological polar surface area (TPSA) is 45.7 Å². The highest BCUT2D eigenvalue weighted by molar-refractivity contribution is 6.33. The Bertz CT molecular complexity index is 1300. The number of carbonyl (C=O) groups is 1. The van der Waals surface area contributed by atoms with Crippen molar-refractivity contribution >= 4 is 40.5 Å². The zero-order valence-electron chi connectivity index (χ0n) is 21.8. The molecule has 0 saturated heterocycles. The molecular weight excluding hydrogens is 482 g/mol. The van der Waals surface area contributed by atoms with Gasteiger partial charge in [0.05, 0.1) is 17.8 Å². The number of halogens is 1. The number of nitrogens with zero attached hydrogens (tertiary/aromatic N) is 3. The highest BCUT2D eigenvalue weighted by Gasteiger charge is 2.51. The number of ether oxygens (including phenoxy) is 1. The Balaban J connectivity index is 1.27. The third-order valence-corrected chi connectivity index (χ3v) is 9.38. The summed E-state index contributed by atoms with van der Waals surface area (Å²) in [6, 6.07) is 18.4. The maximum absolute atomic E-state index is 12.3. The van der Waals surface area contributed by atoms with E-state index in [0.29, 0.717) is 16.8 Å². The zero-order chi connectivity index (χ0) is 25.7. The minimum absolute atomic E-state index is 0.331. The number of benzene rings is 2. The first-order valence-electron chi connectivity index (χ1n) is 13.3. The number of esters is 1. The summed E-state index contributed by atoms with van der Waals surface area (Å²) in [7, 11) is 5.33. The third-order valence-electron chi connectivity index (χ3n) is 9.07. The summed E-state index contributed by atoms with van der Waals surface area (Å²) in [5.41, 5.74) is 5.10. The molecule has 4 aliphatic rings. The maximum Gasteiger partial charge on any atom is 0.341 e. The van der Waals surface area contributed by atoms with Crippen LogP contribution in [-0.2, 0) is 10.2 Å². The van der Waals surface area contributed by atoms with Gasteiger partial charge in [-0.15, -0.1) is 0 Å². The Morgan fingerprint density at radius 3 is 2.19 bits per heavy atom. The minimum Gasteiger partial charge on any atom is -0.465 e. The van der Waals surface area contributed by atoms with E-state index in [-0.39, 0.29) is 0 Å². The van der Waals surface area contributed by atoms with Gasteiger partial charge in [-0.3, -0.25) is 0 Å². The lowest BCUT2D eigenvalue weighted by Gasteiger charge is -2.57. The Hall–Kier alpha value is -3.05. The van der Waals surface area contributed by atoms with Crippen molar-refractivity contribution in [1.82, 2.24) is 4.98 Å². The summed E-state index contributed by atoms with van der Waals surface area (Å²) >= 11 is 6.97. The van der Waals surface area contributed by atoms with Crippen LogP contribution in [0.5, 0.6) is 0 Å². The standard InChI is InChI=1S/C31H34ClN3O2/c1-34(24-6-4-7-25(16-24)35(2)29-26(30(36)37-3)8-5-11-33-29)28-10-9-23(15-27(28)32)31-17-20-12-21(18-31)14-22(13-20)19-31/h4-11,15-16,20-22H,12-14,17-19H2,1-3H3. The average Bonchev–Trinajstić information content (AvgIpc) is 2.91. The van der Waals surface area contributed by atoms with Crippen LogP contribution in [-0.4, -0.2) is 32.2 Å². The van der Waals surface area contributed by atoms with Crippen LogP contribution < -0.4 is 9.80 Å². The molecule has 7 rings (SSSR count). The molecule has 37 heavy (non-hydrogen) atoms. The van der Waals surface area contributed by atoms with Gasteiger partial charge < -0.3 is 14.5 Å². The van der Waals surface area contributed by atoms with E-state index >= 15 is 0 Å². The van der Waals surface area contributed by atoms with Crippen molar-refractivity contribution in [2.75, 3.05) is 31.0 Å². The lowest BCUT2D eigenvalue weighted by molar-refractivity contribution is -0.00518. The summed E-state index contributed by atoms with van der Waals surface area (Å²) in [4.78, 5) is 20.8. The Kier molecular flexibility index (Phi) is 6.15. The highest BCUT2D eigenvalue weighted by Crippen LogP contribution is 2.61. The molecule has 1 heterocycles. The van der Waals surface area contributed by atoms with Gasteiger partial charge in [-0.2, -0.15) is 0 Å². The van der Waals surface area contributed by atoms with E-state index in [9.17, 15) is 4.79 Å². The quantitative estimate of drug-likeness (QED) is 0.317. The average molecular weight is 516 g/mol. The van der Waals surface area contributed by atoms with Crippen molar-refractivity contribution in [1.29, 1.82) is 0 Å². The minimum atomic E-state index is -0.408. The number of carbonyl (C=O) groups excluding carboxylic acids is 1. The first-order chi connectivity index (χ1) is 17.9. The molecule has 6 heteroatoms. The Labute approximate surface area is 224 Å². The second-order valence-electron chi connectivity index (χ2n) is 11.4. The lowest BCUT2D eigenvalue weighted by Crippen LogP contribution is -2.48. The van der Waals surface area contributed by atoms with Gasteiger partial charge >= 0.3 is 5.97 Å². The molecule has 5 nitrogen and oxygen atoms in total. The zero-order valence-corrected chi connectivity index (χ0v) is 22.5. The molecule has 0 atom stereocenters. The summed E-state index contributed by atoms with van der Waals surface area (Å²) in [6.45, 7) is 0. The number of aromatic nitrogens is 1. The second-order valence-corrected chi connectivity index (χ2v) is 11.8. The largest absolute Gasteiger partial charge is 0.465 e. The molecule has 4 saturated carbocycles. The smallest absolute Gasteiger partial charge is 0.341 e. The van der Waals surface area contributed by atoms with E-state index < -0.39 is 5.97 Å². The Morgan fingerprint density at radius 2 is 1.57 bits per heavy atom. The van der Waals surface area contributed by atoms with Crippen molar-refractivity contribution < 1.29 is 9.53 Å². The van der Waals surface area contributed by atoms with E-state index in [2.05, 4.69) is 40.2 Å². The van der Waals surface area contributed by atoms with Crippen LogP contribution in [0.1, 0.15) is 54.4 Å². The van der Waals surface area contributed by atoms with Crippen LogP contribution >= 0.6 is 11.6 Å². The van der Waals surface area contributed by atoms with Crippen molar-refractivity contribution in [3.63, 3.8) is 0 Å². The fourth-order valence-corrected chi connectivity index (χ4v) is 7.99. The number of anilines is 4. The molecule has 2 aromatic carbocycles. The fraction of sp³-hybridized carbons (Fsp3) is 0.419. The molecule has 0 N–H and O–H groups in total. The summed E-state index contributed by atoms with van der Waals surface area (Å²) in [6.07, 6.45) is 10.0. The van der Waals surface area contributed by atoms with Crippen molar-refractivity contribution in [2.24, 2.45) is 17.8 Å². The molecule has 192 valence electrons. The van der Waals surface area contributed by atoms with Gasteiger partial charge in [0.25, 0.3) is 0 Å². The molecule has 0 spiro atoms. The van der Waals surface area contributed by atoms with E-state index in [1.807, 2.05) is 31.1 Å². The monoisotopic (exact) mass is 515 g/mol. The summed E-state index contributed by atoms with van der Waals surface area (Å²) < 4.78 is 4.95. The summed E-state index contributed by atoms with van der Waals surface area (Å²) in [5, 5.41) is 0.798. The number of hydrogen-bond acceptors (Lipinski definition) is 5.